The standard InChI is InChI=1S/C24H24N10O2/c25-11-19-27-21(31-29-19)23(35)33-9-7-15-13(3-1-5-17(15)33)14-4-2-6-18-16(14)8-10-34(18)24(36)22-28-20(12-26)30-32-22/h1-6H,7-12,25-26H2,(H,27,29,31)(H,28,30,32). The molecule has 0 saturated carbocycles. The van der Waals surface area contributed by atoms with E-state index in [0.29, 0.717) is 37.6 Å². The minimum absolute atomic E-state index is 0.105. The van der Waals surface area contributed by atoms with E-state index in [1.807, 2.05) is 24.3 Å². The molecule has 12 heteroatoms. The Morgan fingerprint density at radius 3 is 1.58 bits per heavy atom. The quantitative estimate of drug-likeness (QED) is 0.323. The van der Waals surface area contributed by atoms with E-state index < -0.39 is 0 Å². The number of carbonyl (C=O) groups is 2. The number of H-pyrrole nitrogens is 2. The summed E-state index contributed by atoms with van der Waals surface area (Å²) >= 11 is 0. The number of hydrogen-bond acceptors (Lipinski definition) is 8. The topological polar surface area (TPSA) is 176 Å². The van der Waals surface area contributed by atoms with Crippen molar-refractivity contribution in [2.24, 2.45) is 11.5 Å². The summed E-state index contributed by atoms with van der Waals surface area (Å²) in [6.07, 6.45) is 1.41. The van der Waals surface area contributed by atoms with Gasteiger partial charge in [-0.1, -0.05) is 24.3 Å². The molecule has 4 heterocycles. The lowest BCUT2D eigenvalue weighted by Gasteiger charge is -2.18. The number of anilines is 2. The summed E-state index contributed by atoms with van der Waals surface area (Å²) in [4.78, 5) is 38.0. The van der Waals surface area contributed by atoms with Gasteiger partial charge in [-0.25, -0.2) is 9.97 Å². The predicted octanol–water partition coefficient (Wildman–Crippen LogP) is 0.913. The van der Waals surface area contributed by atoms with Crippen molar-refractivity contribution in [1.29, 1.82) is 0 Å². The first-order chi connectivity index (χ1) is 17.6. The highest BCUT2D eigenvalue weighted by atomic mass is 16.2. The molecule has 6 N–H and O–H groups in total. The first kappa shape index (κ1) is 22.1. The maximum atomic E-state index is 13.1. The normalized spacial score (nSPS) is 14.3. The van der Waals surface area contributed by atoms with Gasteiger partial charge in [-0.2, -0.15) is 0 Å². The van der Waals surface area contributed by atoms with Gasteiger partial charge < -0.3 is 21.3 Å². The number of aromatic amines is 2. The molecule has 36 heavy (non-hydrogen) atoms. The molecule has 6 rings (SSSR count). The lowest BCUT2D eigenvalue weighted by Crippen LogP contribution is -2.29. The summed E-state index contributed by atoms with van der Waals surface area (Å²) in [5.74, 6) is 0.617. The summed E-state index contributed by atoms with van der Waals surface area (Å²) in [5.41, 5.74) is 17.1. The van der Waals surface area contributed by atoms with Gasteiger partial charge in [0.05, 0.1) is 13.1 Å². The summed E-state index contributed by atoms with van der Waals surface area (Å²) in [7, 11) is 0. The molecule has 0 aliphatic carbocycles. The second-order valence-corrected chi connectivity index (χ2v) is 8.64. The Morgan fingerprint density at radius 2 is 1.19 bits per heavy atom. The zero-order chi connectivity index (χ0) is 24.8. The molecule has 2 aromatic heterocycles. The number of aromatic nitrogens is 6. The fraction of sp³-hybridized carbons (Fsp3) is 0.250. The van der Waals surface area contributed by atoms with E-state index in [4.69, 9.17) is 11.5 Å². The van der Waals surface area contributed by atoms with Gasteiger partial charge in [0.1, 0.15) is 11.6 Å². The van der Waals surface area contributed by atoms with Gasteiger partial charge in [-0.05, 0) is 47.2 Å². The third-order valence-electron chi connectivity index (χ3n) is 6.67. The van der Waals surface area contributed by atoms with Crippen molar-refractivity contribution in [3.8, 4) is 11.1 Å². The van der Waals surface area contributed by atoms with Crippen molar-refractivity contribution >= 4 is 23.2 Å². The number of carbonyl (C=O) groups excluding carboxylic acids is 2. The van der Waals surface area contributed by atoms with Gasteiger partial charge in [0.15, 0.2) is 0 Å². The number of hydrogen-bond donors (Lipinski definition) is 4. The molecule has 12 nitrogen and oxygen atoms in total. The molecular formula is C24H24N10O2. The Kier molecular flexibility index (Phi) is 5.31. The summed E-state index contributed by atoms with van der Waals surface area (Å²) in [6, 6.07) is 11.9. The van der Waals surface area contributed by atoms with Crippen LogP contribution in [0.3, 0.4) is 0 Å². The molecule has 2 aliphatic rings. The molecule has 2 aromatic carbocycles. The molecule has 0 spiro atoms. The van der Waals surface area contributed by atoms with Crippen LogP contribution in [-0.4, -0.2) is 55.3 Å². The number of rotatable bonds is 5. The van der Waals surface area contributed by atoms with Crippen LogP contribution in [0, 0.1) is 0 Å². The Bertz CT molecular complexity index is 1380. The molecule has 0 fully saturated rings. The van der Waals surface area contributed by atoms with Crippen LogP contribution in [0.5, 0.6) is 0 Å². The van der Waals surface area contributed by atoms with Crippen LogP contribution in [0.1, 0.15) is 44.0 Å². The van der Waals surface area contributed by atoms with E-state index in [9.17, 15) is 9.59 Å². The minimum atomic E-state index is -0.264. The number of nitrogens with two attached hydrogens (primary N) is 2. The smallest absolute Gasteiger partial charge is 0.297 e. The highest BCUT2D eigenvalue weighted by molar-refractivity contribution is 6.07. The van der Waals surface area contributed by atoms with E-state index >= 15 is 0 Å². The highest BCUT2D eigenvalue weighted by Gasteiger charge is 2.33. The van der Waals surface area contributed by atoms with E-state index in [-0.39, 0.29) is 36.6 Å². The number of nitrogens with zero attached hydrogens (tertiary/aromatic N) is 6. The molecular weight excluding hydrogens is 460 g/mol. The maximum Gasteiger partial charge on any atom is 0.297 e. The fourth-order valence-electron chi connectivity index (χ4n) is 5.00. The third-order valence-corrected chi connectivity index (χ3v) is 6.67. The van der Waals surface area contributed by atoms with Gasteiger partial charge in [0.25, 0.3) is 11.8 Å². The first-order valence-electron chi connectivity index (χ1n) is 11.7. The first-order valence-corrected chi connectivity index (χ1v) is 11.7. The highest BCUT2D eigenvalue weighted by Crippen LogP contribution is 2.42. The van der Waals surface area contributed by atoms with Crippen molar-refractivity contribution in [3.63, 3.8) is 0 Å². The average Bonchev–Trinajstić information content (AvgIpc) is 3.72. The third kappa shape index (κ3) is 3.46. The minimum Gasteiger partial charge on any atom is -0.324 e. The lowest BCUT2D eigenvalue weighted by molar-refractivity contribution is 0.0972. The van der Waals surface area contributed by atoms with Gasteiger partial charge >= 0.3 is 0 Å². The number of benzene rings is 2. The number of fused-ring (bicyclic) bond motifs is 2. The monoisotopic (exact) mass is 484 g/mol. The molecule has 0 saturated heterocycles. The van der Waals surface area contributed by atoms with Crippen molar-refractivity contribution in [2.75, 3.05) is 22.9 Å². The second kappa shape index (κ2) is 8.66. The van der Waals surface area contributed by atoms with Crippen LogP contribution in [0.25, 0.3) is 11.1 Å². The average molecular weight is 485 g/mol. The van der Waals surface area contributed by atoms with Crippen molar-refractivity contribution < 1.29 is 9.59 Å². The lowest BCUT2D eigenvalue weighted by atomic mass is 9.93. The summed E-state index contributed by atoms with van der Waals surface area (Å²) in [6.45, 7) is 1.44. The van der Waals surface area contributed by atoms with E-state index in [0.717, 1.165) is 33.6 Å². The Labute approximate surface area is 205 Å². The van der Waals surface area contributed by atoms with Crippen molar-refractivity contribution in [3.05, 3.63) is 70.8 Å². The Morgan fingerprint density at radius 1 is 0.750 bits per heavy atom. The molecule has 2 amide bonds. The number of amides is 2. The van der Waals surface area contributed by atoms with E-state index in [1.165, 1.54) is 0 Å². The van der Waals surface area contributed by atoms with Gasteiger partial charge in [0, 0.05) is 24.5 Å². The van der Waals surface area contributed by atoms with Crippen molar-refractivity contribution in [1.82, 2.24) is 30.4 Å². The van der Waals surface area contributed by atoms with E-state index in [2.05, 4.69) is 42.5 Å². The summed E-state index contributed by atoms with van der Waals surface area (Å²) in [5, 5.41) is 13.4. The zero-order valence-electron chi connectivity index (χ0n) is 19.4. The Hall–Kier alpha value is -4.42. The zero-order valence-corrected chi connectivity index (χ0v) is 19.4. The molecule has 0 atom stereocenters. The second-order valence-electron chi connectivity index (χ2n) is 8.64. The number of nitrogens with one attached hydrogen (secondary N) is 2. The van der Waals surface area contributed by atoms with Crippen LogP contribution in [-0.2, 0) is 25.9 Å². The van der Waals surface area contributed by atoms with Gasteiger partial charge in [-0.15, -0.1) is 10.2 Å². The van der Waals surface area contributed by atoms with Crippen LogP contribution in [0.4, 0.5) is 11.4 Å². The van der Waals surface area contributed by atoms with E-state index in [1.54, 1.807) is 9.80 Å². The van der Waals surface area contributed by atoms with Crippen LogP contribution < -0.4 is 21.3 Å². The molecule has 0 unspecified atom stereocenters. The van der Waals surface area contributed by atoms with Crippen molar-refractivity contribution in [2.45, 2.75) is 25.9 Å². The van der Waals surface area contributed by atoms with Crippen LogP contribution >= 0.6 is 0 Å². The molecule has 4 aromatic rings. The molecule has 182 valence electrons. The van der Waals surface area contributed by atoms with Gasteiger partial charge in [-0.3, -0.25) is 19.8 Å². The van der Waals surface area contributed by atoms with Crippen LogP contribution in [0.2, 0.25) is 0 Å². The largest absolute Gasteiger partial charge is 0.324 e. The van der Waals surface area contributed by atoms with Crippen LogP contribution in [0.15, 0.2) is 36.4 Å². The molecule has 0 radical (unpaired) electrons. The summed E-state index contributed by atoms with van der Waals surface area (Å²) < 4.78 is 0. The fourth-order valence-corrected chi connectivity index (χ4v) is 5.00. The van der Waals surface area contributed by atoms with Gasteiger partial charge in [0.2, 0.25) is 11.6 Å². The Balaban J connectivity index is 1.34. The predicted molar refractivity (Wildman–Crippen MR) is 131 cm³/mol. The maximum absolute atomic E-state index is 13.1. The SMILES string of the molecule is NCc1nc(C(=O)N2CCc3c(-c4cccc5c4CCN5C(=O)c4n[nH]c(CN)n4)cccc32)n[nH]1. The molecule has 2 aliphatic heterocycles. The molecule has 0 bridgehead atoms.